The summed E-state index contributed by atoms with van der Waals surface area (Å²) in [5.41, 5.74) is 2.30. The Morgan fingerprint density at radius 3 is 2.41 bits per heavy atom. The van der Waals surface area contributed by atoms with Crippen molar-refractivity contribution in [2.24, 2.45) is 0 Å². The molecule has 180 valence electrons. The first-order valence-electron chi connectivity index (χ1n) is 12.0. The van der Waals surface area contributed by atoms with Crippen molar-refractivity contribution >= 4 is 22.9 Å². The van der Waals surface area contributed by atoms with Crippen molar-refractivity contribution in [3.8, 4) is 0 Å². The number of carbonyl (C=O) groups is 2. The Labute approximate surface area is 201 Å². The zero-order chi connectivity index (χ0) is 24.5. The predicted molar refractivity (Wildman–Crippen MR) is 133 cm³/mol. The Morgan fingerprint density at radius 2 is 1.76 bits per heavy atom. The number of benzene rings is 2. The largest absolute Gasteiger partial charge is 0.443 e. The van der Waals surface area contributed by atoms with Gasteiger partial charge in [-0.05, 0) is 57.7 Å². The van der Waals surface area contributed by atoms with E-state index in [0.29, 0.717) is 13.0 Å². The topological polar surface area (TPSA) is 64.1 Å². The Balaban J connectivity index is 1.60. The molecule has 0 spiro atoms. The highest BCUT2D eigenvalue weighted by Gasteiger charge is 2.46. The molecule has 1 aromatic heterocycles. The molecule has 3 aromatic rings. The maximum absolute atomic E-state index is 13.4. The molecule has 0 radical (unpaired) electrons. The van der Waals surface area contributed by atoms with Gasteiger partial charge in [-0.3, -0.25) is 9.36 Å². The third-order valence-electron chi connectivity index (χ3n) is 6.27. The number of hydrogen-bond donors (Lipinski definition) is 0. The zero-order valence-corrected chi connectivity index (χ0v) is 20.7. The molecule has 2 heterocycles. The molecule has 4 rings (SSSR count). The molecule has 6 nitrogen and oxygen atoms in total. The molecule has 6 heteroatoms. The van der Waals surface area contributed by atoms with Gasteiger partial charge in [-0.15, -0.1) is 0 Å². The lowest BCUT2D eigenvalue weighted by Crippen LogP contribution is -2.38. The lowest BCUT2D eigenvalue weighted by Gasteiger charge is -2.29. The van der Waals surface area contributed by atoms with Gasteiger partial charge in [-0.1, -0.05) is 55.5 Å². The van der Waals surface area contributed by atoms with E-state index in [4.69, 9.17) is 9.47 Å². The molecule has 1 aliphatic rings. The number of epoxide rings is 1. The molecular formula is C28H34N2O4. The van der Waals surface area contributed by atoms with E-state index in [0.717, 1.165) is 28.5 Å². The second-order valence-corrected chi connectivity index (χ2v) is 9.89. The van der Waals surface area contributed by atoms with Crippen molar-refractivity contribution in [3.05, 3.63) is 71.9 Å². The number of aromatic nitrogens is 1. The highest BCUT2D eigenvalue weighted by Crippen LogP contribution is 2.31. The monoisotopic (exact) mass is 462 g/mol. The smallest absolute Gasteiger partial charge is 0.419 e. The van der Waals surface area contributed by atoms with Crippen LogP contribution in [0.15, 0.2) is 60.8 Å². The molecule has 3 atom stereocenters. The lowest BCUT2D eigenvalue weighted by atomic mass is 10.0. The average Bonchev–Trinajstić information content (AvgIpc) is 3.52. The quantitative estimate of drug-likeness (QED) is 0.420. The molecule has 2 aromatic carbocycles. The maximum Gasteiger partial charge on any atom is 0.419 e. The van der Waals surface area contributed by atoms with Crippen LogP contribution in [0.25, 0.3) is 10.9 Å². The van der Waals surface area contributed by atoms with Gasteiger partial charge in [-0.25, -0.2) is 4.79 Å². The molecular weight excluding hydrogens is 428 g/mol. The van der Waals surface area contributed by atoms with Crippen LogP contribution in [0.1, 0.15) is 58.2 Å². The Bertz CT molecular complexity index is 1160. The van der Waals surface area contributed by atoms with Crippen molar-refractivity contribution in [2.45, 2.75) is 71.3 Å². The van der Waals surface area contributed by atoms with E-state index in [2.05, 4.69) is 6.92 Å². The first kappa shape index (κ1) is 24.0. The average molecular weight is 463 g/mol. The van der Waals surface area contributed by atoms with E-state index >= 15 is 0 Å². The van der Waals surface area contributed by atoms with Gasteiger partial charge in [0.1, 0.15) is 5.60 Å². The van der Waals surface area contributed by atoms with E-state index in [1.54, 1.807) is 4.57 Å². The van der Waals surface area contributed by atoms with Gasteiger partial charge in [0.2, 0.25) is 0 Å². The molecule has 1 aliphatic heterocycles. The summed E-state index contributed by atoms with van der Waals surface area (Å²) in [5.74, 6) is 0.0269. The van der Waals surface area contributed by atoms with Gasteiger partial charge in [0.25, 0.3) is 5.91 Å². The fourth-order valence-corrected chi connectivity index (χ4v) is 4.39. The summed E-state index contributed by atoms with van der Waals surface area (Å²) < 4.78 is 12.8. The van der Waals surface area contributed by atoms with E-state index in [1.807, 2.05) is 93.4 Å². The number of hydrogen-bond acceptors (Lipinski definition) is 4. The van der Waals surface area contributed by atoms with E-state index in [9.17, 15) is 9.59 Å². The molecule has 1 amide bonds. The van der Waals surface area contributed by atoms with Crippen molar-refractivity contribution in [1.29, 1.82) is 0 Å². The summed E-state index contributed by atoms with van der Waals surface area (Å²) in [7, 11) is 0. The van der Waals surface area contributed by atoms with Crippen LogP contribution >= 0.6 is 0 Å². The first-order chi connectivity index (χ1) is 16.2. The summed E-state index contributed by atoms with van der Waals surface area (Å²) >= 11 is 0. The number of rotatable bonds is 7. The zero-order valence-electron chi connectivity index (χ0n) is 20.7. The van der Waals surface area contributed by atoms with Crippen molar-refractivity contribution in [3.63, 3.8) is 0 Å². The van der Waals surface area contributed by atoms with E-state index in [1.165, 1.54) is 0 Å². The van der Waals surface area contributed by atoms with Crippen LogP contribution in [-0.2, 0) is 20.7 Å². The van der Waals surface area contributed by atoms with Crippen LogP contribution in [0, 0.1) is 0 Å². The van der Waals surface area contributed by atoms with Crippen LogP contribution in [0.3, 0.4) is 0 Å². The van der Waals surface area contributed by atoms with E-state index < -0.39 is 11.7 Å². The Kier molecular flexibility index (Phi) is 6.80. The highest BCUT2D eigenvalue weighted by molar-refractivity contribution is 5.92. The number of nitrogens with zero attached hydrogens (tertiary/aromatic N) is 2. The molecule has 34 heavy (non-hydrogen) atoms. The van der Waals surface area contributed by atoms with Crippen molar-refractivity contribution in [1.82, 2.24) is 9.47 Å². The summed E-state index contributed by atoms with van der Waals surface area (Å²) in [6.07, 6.45) is 2.52. The summed E-state index contributed by atoms with van der Waals surface area (Å²) in [6, 6.07) is 17.8. The minimum absolute atomic E-state index is 0.00653. The third kappa shape index (κ3) is 5.17. The fraction of sp³-hybridized carbons (Fsp3) is 0.429. The van der Waals surface area contributed by atoms with Crippen molar-refractivity contribution < 1.29 is 19.1 Å². The second-order valence-electron chi connectivity index (χ2n) is 9.89. The molecule has 0 saturated carbocycles. The molecule has 0 unspecified atom stereocenters. The number of amides is 1. The van der Waals surface area contributed by atoms with Gasteiger partial charge in [-0.2, -0.15) is 0 Å². The van der Waals surface area contributed by atoms with Crippen LogP contribution in [0.2, 0.25) is 0 Å². The number of ether oxygens (including phenoxy) is 2. The van der Waals surface area contributed by atoms with Crippen LogP contribution in [0.4, 0.5) is 4.79 Å². The Morgan fingerprint density at radius 1 is 1.09 bits per heavy atom. The number of carbonyl (C=O) groups excluding carboxylic acids is 2. The van der Waals surface area contributed by atoms with Crippen LogP contribution in [-0.4, -0.2) is 45.8 Å². The molecule has 1 saturated heterocycles. The Hall–Kier alpha value is -3.12. The van der Waals surface area contributed by atoms with Gasteiger partial charge < -0.3 is 14.4 Å². The molecule has 1 fully saturated rings. The van der Waals surface area contributed by atoms with Gasteiger partial charge in [0.15, 0.2) is 6.10 Å². The van der Waals surface area contributed by atoms with Gasteiger partial charge >= 0.3 is 6.09 Å². The summed E-state index contributed by atoms with van der Waals surface area (Å²) in [4.78, 5) is 28.1. The number of fused-ring (bicyclic) bond motifs is 1. The van der Waals surface area contributed by atoms with Gasteiger partial charge in [0.05, 0.1) is 17.7 Å². The minimum Gasteiger partial charge on any atom is -0.443 e. The maximum atomic E-state index is 13.4. The van der Waals surface area contributed by atoms with Crippen LogP contribution < -0.4 is 0 Å². The minimum atomic E-state index is -0.586. The summed E-state index contributed by atoms with van der Waals surface area (Å²) in [5, 5.41) is 0.988. The van der Waals surface area contributed by atoms with E-state index in [-0.39, 0.29) is 24.2 Å². The highest BCUT2D eigenvalue weighted by atomic mass is 16.6. The lowest BCUT2D eigenvalue weighted by molar-refractivity contribution is -0.134. The standard InChI is InChI=1S/C28H34N2O4/c1-6-24-25(33-24)26(31)29(19(2)20-12-8-7-9-13-20)17-16-21-18-30(27(32)34-28(3,4)5)23-15-11-10-14-22(21)23/h7-15,18-19,24-25H,6,16-17H2,1-5H3/t19-,24+,25-/m0/s1. The third-order valence-corrected chi connectivity index (χ3v) is 6.27. The normalized spacial score (nSPS) is 18.5. The molecule has 0 N–H and O–H groups in total. The first-order valence-corrected chi connectivity index (χ1v) is 12.0. The summed E-state index contributed by atoms with van der Waals surface area (Å²) in [6.45, 7) is 10.2. The van der Waals surface area contributed by atoms with Crippen LogP contribution in [0.5, 0.6) is 0 Å². The SMILES string of the molecule is CC[C@H]1O[C@@H]1C(=O)N(CCc1cn(C(=O)OC(C)(C)C)c2ccccc12)[C@@H](C)c1ccccc1. The van der Waals surface area contributed by atoms with Crippen molar-refractivity contribution in [2.75, 3.05) is 6.54 Å². The molecule has 0 aliphatic carbocycles. The predicted octanol–water partition coefficient (Wildman–Crippen LogP) is 5.73. The van der Waals surface area contributed by atoms with Gasteiger partial charge in [0, 0.05) is 18.1 Å². The number of para-hydroxylation sites is 1. The fourth-order valence-electron chi connectivity index (χ4n) is 4.39. The second kappa shape index (κ2) is 9.63. The molecule has 0 bridgehead atoms.